The first-order valence-electron chi connectivity index (χ1n) is 5.80. The van der Waals surface area contributed by atoms with Crippen molar-refractivity contribution in [3.63, 3.8) is 0 Å². The lowest BCUT2D eigenvalue weighted by Gasteiger charge is -2.32. The smallest absolute Gasteiger partial charge is 0.184 e. The van der Waals surface area contributed by atoms with Crippen molar-refractivity contribution in [2.24, 2.45) is 0 Å². The molecule has 0 saturated carbocycles. The van der Waals surface area contributed by atoms with Crippen LogP contribution >= 0.6 is 11.3 Å². The van der Waals surface area contributed by atoms with E-state index in [1.807, 2.05) is 6.07 Å². The van der Waals surface area contributed by atoms with E-state index in [0.29, 0.717) is 13.2 Å². The van der Waals surface area contributed by atoms with Crippen LogP contribution in [0.1, 0.15) is 11.3 Å². The van der Waals surface area contributed by atoms with E-state index < -0.39 is 0 Å². The van der Waals surface area contributed by atoms with Crippen LogP contribution in [0.25, 0.3) is 0 Å². The molecule has 0 aromatic carbocycles. The van der Waals surface area contributed by atoms with Crippen molar-refractivity contribution in [2.45, 2.75) is 37.6 Å². The number of hydrogen-bond acceptors (Lipinski definition) is 5. The molecule has 5 heteroatoms. The molecule has 3 rings (SSSR count). The normalized spacial score (nSPS) is 36.3. The van der Waals surface area contributed by atoms with E-state index in [1.165, 1.54) is 4.88 Å². The fourth-order valence-electron chi connectivity index (χ4n) is 2.29. The molecule has 1 aromatic rings. The maximum absolute atomic E-state index is 5.92. The third kappa shape index (κ3) is 2.39. The van der Waals surface area contributed by atoms with E-state index in [9.17, 15) is 0 Å². The highest BCUT2D eigenvalue weighted by Gasteiger charge is 2.44. The number of fused-ring (bicyclic) bond motifs is 2. The van der Waals surface area contributed by atoms with Crippen molar-refractivity contribution in [3.8, 4) is 0 Å². The van der Waals surface area contributed by atoms with Crippen molar-refractivity contribution in [1.82, 2.24) is 0 Å². The summed E-state index contributed by atoms with van der Waals surface area (Å²) in [6.07, 6.45) is 0.762. The Morgan fingerprint density at radius 2 is 2.41 bits per heavy atom. The molecule has 4 atom stereocenters. The molecule has 2 aliphatic rings. The molecule has 0 amide bonds. The summed E-state index contributed by atoms with van der Waals surface area (Å²) < 4.78 is 22.5. The van der Waals surface area contributed by atoms with E-state index in [-0.39, 0.29) is 24.6 Å². The highest BCUT2D eigenvalue weighted by atomic mass is 32.1. The fraction of sp³-hybridized carbons (Fsp3) is 0.667. The van der Waals surface area contributed by atoms with Crippen LogP contribution in [0.2, 0.25) is 0 Å². The Balaban J connectivity index is 1.59. The molecule has 17 heavy (non-hydrogen) atoms. The third-order valence-electron chi connectivity index (χ3n) is 3.24. The third-order valence-corrected chi connectivity index (χ3v) is 4.09. The first-order chi connectivity index (χ1) is 8.36. The van der Waals surface area contributed by atoms with Gasteiger partial charge >= 0.3 is 0 Å². The molecule has 0 aliphatic carbocycles. The Bertz CT molecular complexity index is 353. The first-order valence-corrected chi connectivity index (χ1v) is 6.68. The zero-order valence-corrected chi connectivity index (χ0v) is 10.5. The van der Waals surface area contributed by atoms with Crippen molar-refractivity contribution in [2.75, 3.05) is 13.7 Å². The maximum Gasteiger partial charge on any atom is 0.184 e. The number of hydrogen-bond donors (Lipinski definition) is 0. The van der Waals surface area contributed by atoms with E-state index in [4.69, 9.17) is 18.9 Å². The van der Waals surface area contributed by atoms with E-state index in [0.717, 1.165) is 6.42 Å². The number of thiophene rings is 1. The monoisotopic (exact) mass is 256 g/mol. The average Bonchev–Trinajstić information content (AvgIpc) is 2.99. The van der Waals surface area contributed by atoms with Crippen molar-refractivity contribution >= 4 is 11.3 Å². The van der Waals surface area contributed by atoms with Crippen LogP contribution in [0.3, 0.4) is 0 Å². The molecular formula is C12H16O4S. The minimum absolute atomic E-state index is 0.0120. The predicted octanol–water partition coefficient (Wildman–Crippen LogP) is 1.79. The van der Waals surface area contributed by atoms with Crippen LogP contribution < -0.4 is 0 Å². The van der Waals surface area contributed by atoms with Gasteiger partial charge in [-0.3, -0.25) is 0 Å². The zero-order chi connectivity index (χ0) is 11.7. The molecule has 4 nitrogen and oxygen atoms in total. The van der Waals surface area contributed by atoms with Crippen LogP contribution in [-0.4, -0.2) is 38.3 Å². The Labute approximate surface area is 104 Å². The lowest BCUT2D eigenvalue weighted by Crippen LogP contribution is -2.43. The Morgan fingerprint density at radius 3 is 3.18 bits per heavy atom. The number of rotatable bonds is 4. The van der Waals surface area contributed by atoms with Crippen LogP contribution in [0, 0.1) is 0 Å². The van der Waals surface area contributed by atoms with Gasteiger partial charge in [0.2, 0.25) is 0 Å². The summed E-state index contributed by atoms with van der Waals surface area (Å²) in [4.78, 5) is 1.24. The topological polar surface area (TPSA) is 36.9 Å². The lowest BCUT2D eigenvalue weighted by atomic mass is 10.0. The number of ether oxygens (including phenoxy) is 4. The minimum Gasteiger partial charge on any atom is -0.376 e. The van der Waals surface area contributed by atoms with Gasteiger partial charge in [0.05, 0.1) is 19.3 Å². The minimum atomic E-state index is -0.202. The predicted molar refractivity (Wildman–Crippen MR) is 62.9 cm³/mol. The highest BCUT2D eigenvalue weighted by molar-refractivity contribution is 7.09. The maximum atomic E-state index is 5.92. The summed E-state index contributed by atoms with van der Waals surface area (Å²) in [6, 6.07) is 4.11. The second kappa shape index (κ2) is 5.04. The Kier molecular flexibility index (Phi) is 3.44. The van der Waals surface area contributed by atoms with Gasteiger partial charge < -0.3 is 18.9 Å². The molecule has 2 aliphatic heterocycles. The second-order valence-electron chi connectivity index (χ2n) is 4.31. The van der Waals surface area contributed by atoms with E-state index >= 15 is 0 Å². The molecule has 0 radical (unpaired) electrons. The van der Waals surface area contributed by atoms with Gasteiger partial charge in [-0.05, 0) is 11.4 Å². The highest BCUT2D eigenvalue weighted by Crippen LogP contribution is 2.31. The quantitative estimate of drug-likeness (QED) is 0.823. The van der Waals surface area contributed by atoms with Gasteiger partial charge in [0.15, 0.2) is 6.29 Å². The van der Waals surface area contributed by atoms with E-state index in [2.05, 4.69) is 11.4 Å². The van der Waals surface area contributed by atoms with Gasteiger partial charge in [0.1, 0.15) is 12.2 Å². The Morgan fingerprint density at radius 1 is 1.47 bits per heavy atom. The molecule has 3 heterocycles. The largest absolute Gasteiger partial charge is 0.376 e. The van der Waals surface area contributed by atoms with Crippen LogP contribution in [0.5, 0.6) is 0 Å². The van der Waals surface area contributed by atoms with E-state index in [1.54, 1.807) is 18.4 Å². The lowest BCUT2D eigenvalue weighted by molar-refractivity contribution is -0.200. The molecule has 2 saturated heterocycles. The van der Waals surface area contributed by atoms with Crippen molar-refractivity contribution in [1.29, 1.82) is 0 Å². The van der Waals surface area contributed by atoms with Crippen LogP contribution in [0.15, 0.2) is 17.5 Å². The molecule has 1 aromatic heterocycles. The molecule has 2 bridgehead atoms. The molecule has 0 spiro atoms. The summed E-state index contributed by atoms with van der Waals surface area (Å²) in [5.41, 5.74) is 0. The van der Waals surface area contributed by atoms with Crippen LogP contribution in [0.4, 0.5) is 0 Å². The fourth-order valence-corrected chi connectivity index (χ4v) is 2.91. The number of methoxy groups -OCH3 is 1. The van der Waals surface area contributed by atoms with Gasteiger partial charge in [-0.1, -0.05) is 6.07 Å². The SMILES string of the molecule is CO[C@@H]1C[C@H](OCc2cccs2)[C@H]2CO[C@@H]1O2. The second-order valence-corrected chi connectivity index (χ2v) is 5.35. The standard InChI is InChI=1S/C12H16O4S/c1-13-10-5-9(11-7-15-12(10)16-11)14-6-8-3-2-4-17-8/h2-4,9-12H,5-7H2,1H3/t9-,10+,11+,12+/m0/s1. The van der Waals surface area contributed by atoms with Gasteiger partial charge in [-0.2, -0.15) is 0 Å². The molecular weight excluding hydrogens is 240 g/mol. The van der Waals surface area contributed by atoms with Gasteiger partial charge in [0.25, 0.3) is 0 Å². The summed E-state index contributed by atoms with van der Waals surface area (Å²) in [6.45, 7) is 1.25. The van der Waals surface area contributed by atoms with Gasteiger partial charge in [-0.25, -0.2) is 0 Å². The van der Waals surface area contributed by atoms with Crippen molar-refractivity contribution < 1.29 is 18.9 Å². The molecule has 0 N–H and O–H groups in total. The summed E-state index contributed by atoms with van der Waals surface area (Å²) in [5.74, 6) is 0. The first kappa shape index (κ1) is 11.6. The van der Waals surface area contributed by atoms with Gasteiger partial charge in [0, 0.05) is 18.4 Å². The zero-order valence-electron chi connectivity index (χ0n) is 9.70. The average molecular weight is 256 g/mol. The molecule has 94 valence electrons. The van der Waals surface area contributed by atoms with Gasteiger partial charge in [-0.15, -0.1) is 11.3 Å². The van der Waals surface area contributed by atoms with Crippen molar-refractivity contribution in [3.05, 3.63) is 22.4 Å². The summed E-state index contributed by atoms with van der Waals surface area (Å²) in [5, 5.41) is 2.06. The van der Waals surface area contributed by atoms with Crippen LogP contribution in [-0.2, 0) is 25.6 Å². The summed E-state index contributed by atoms with van der Waals surface area (Å²) in [7, 11) is 1.69. The molecule has 0 unspecified atom stereocenters. The Hall–Kier alpha value is -0.460. The summed E-state index contributed by atoms with van der Waals surface area (Å²) >= 11 is 1.71. The molecule has 2 fully saturated rings.